The summed E-state index contributed by atoms with van der Waals surface area (Å²) in [7, 11) is 0. The summed E-state index contributed by atoms with van der Waals surface area (Å²) in [4.78, 5) is 14.4. The van der Waals surface area contributed by atoms with E-state index in [-0.39, 0.29) is 24.0 Å². The molecule has 0 aromatic heterocycles. The Morgan fingerprint density at radius 2 is 1.79 bits per heavy atom. The Hall–Kier alpha value is -1.76. The lowest BCUT2D eigenvalue weighted by atomic mass is 9.93. The first-order valence-electron chi connectivity index (χ1n) is 8.74. The first-order valence-corrected chi connectivity index (χ1v) is 9.12. The van der Waals surface area contributed by atoms with E-state index in [0.717, 1.165) is 5.56 Å². The van der Waals surface area contributed by atoms with Crippen LogP contribution in [0.15, 0.2) is 54.6 Å². The van der Waals surface area contributed by atoms with Crippen molar-refractivity contribution in [2.24, 2.45) is 0 Å². The zero-order chi connectivity index (χ0) is 19.4. The van der Waals surface area contributed by atoms with E-state index < -0.39 is 24.4 Å². The lowest BCUT2D eigenvalue weighted by Gasteiger charge is -2.38. The molecule has 152 valence electrons. The van der Waals surface area contributed by atoms with Crippen LogP contribution in [-0.2, 0) is 4.79 Å². The van der Waals surface area contributed by atoms with Crippen molar-refractivity contribution in [3.63, 3.8) is 0 Å². The second kappa shape index (κ2) is 9.63. The molecule has 0 saturated carbocycles. The van der Waals surface area contributed by atoms with Gasteiger partial charge < -0.3 is 10.2 Å². The number of carbonyl (C=O) groups is 1. The van der Waals surface area contributed by atoms with Gasteiger partial charge in [-0.1, -0.05) is 60.1 Å². The zero-order valence-corrected chi connectivity index (χ0v) is 16.5. The molecule has 2 unspecified atom stereocenters. The van der Waals surface area contributed by atoms with Crippen LogP contribution >= 0.6 is 24.0 Å². The number of alkyl halides is 3. The Bertz CT molecular complexity index is 787. The molecular weight excluding hydrogens is 412 g/mol. The number of hydrogen-bond donors (Lipinski definition) is 1. The molecule has 1 aliphatic rings. The van der Waals surface area contributed by atoms with Gasteiger partial charge in [0.15, 0.2) is 0 Å². The van der Waals surface area contributed by atoms with E-state index in [0.29, 0.717) is 24.7 Å². The number of rotatable bonds is 4. The van der Waals surface area contributed by atoms with Crippen LogP contribution in [0, 0.1) is 0 Å². The highest BCUT2D eigenvalue weighted by Crippen LogP contribution is 2.39. The molecule has 3 rings (SSSR count). The molecule has 8 heteroatoms. The van der Waals surface area contributed by atoms with Crippen molar-refractivity contribution in [2.75, 3.05) is 19.6 Å². The fourth-order valence-corrected chi connectivity index (χ4v) is 3.69. The summed E-state index contributed by atoms with van der Waals surface area (Å²) in [5, 5.41) is 3.69. The van der Waals surface area contributed by atoms with Crippen LogP contribution in [0.2, 0.25) is 5.02 Å². The molecule has 1 aliphatic heterocycles. The second-order valence-electron chi connectivity index (χ2n) is 6.54. The lowest BCUT2D eigenvalue weighted by molar-refractivity contribution is -0.162. The molecule has 1 N–H and O–H groups in total. The molecule has 1 heterocycles. The fraction of sp³-hybridized carbons (Fsp3) is 0.350. The number of nitrogens with one attached hydrogen (secondary N) is 1. The Kier molecular flexibility index (Phi) is 7.75. The molecule has 28 heavy (non-hydrogen) atoms. The van der Waals surface area contributed by atoms with Gasteiger partial charge in [0.05, 0.1) is 12.0 Å². The molecule has 2 aromatic carbocycles. The summed E-state index contributed by atoms with van der Waals surface area (Å²) < 4.78 is 40.8. The minimum absolute atomic E-state index is 0. The molecule has 1 saturated heterocycles. The summed E-state index contributed by atoms with van der Waals surface area (Å²) >= 11 is 6.26. The Morgan fingerprint density at radius 1 is 1.14 bits per heavy atom. The van der Waals surface area contributed by atoms with E-state index in [2.05, 4.69) is 5.32 Å². The molecule has 0 spiro atoms. The highest BCUT2D eigenvalue weighted by molar-refractivity contribution is 6.31. The predicted molar refractivity (Wildman–Crippen MR) is 106 cm³/mol. The maximum Gasteiger partial charge on any atom is 0.396 e. The van der Waals surface area contributed by atoms with Crippen molar-refractivity contribution < 1.29 is 18.0 Å². The SMILES string of the molecule is Cl.O=C(CC(c1ccccc1)C(F)(F)F)N1CCNCC1c1ccccc1Cl. The fourth-order valence-electron chi connectivity index (χ4n) is 3.43. The summed E-state index contributed by atoms with van der Waals surface area (Å²) in [6, 6.07) is 14.3. The Balaban J connectivity index is 0.00000280. The van der Waals surface area contributed by atoms with E-state index in [1.54, 1.807) is 42.5 Å². The van der Waals surface area contributed by atoms with Gasteiger partial charge in [-0.25, -0.2) is 0 Å². The van der Waals surface area contributed by atoms with Gasteiger partial charge in [0.25, 0.3) is 0 Å². The third kappa shape index (κ3) is 5.19. The van der Waals surface area contributed by atoms with E-state index in [1.165, 1.54) is 17.0 Å². The maximum atomic E-state index is 13.6. The van der Waals surface area contributed by atoms with E-state index in [9.17, 15) is 18.0 Å². The zero-order valence-electron chi connectivity index (χ0n) is 15.0. The van der Waals surface area contributed by atoms with Crippen LogP contribution in [0.25, 0.3) is 0 Å². The molecule has 2 atom stereocenters. The average molecular weight is 433 g/mol. The largest absolute Gasteiger partial charge is 0.396 e. The van der Waals surface area contributed by atoms with Crippen molar-refractivity contribution >= 4 is 29.9 Å². The maximum absolute atomic E-state index is 13.6. The minimum Gasteiger partial charge on any atom is -0.333 e. The summed E-state index contributed by atoms with van der Waals surface area (Å²) in [6.07, 6.45) is -5.11. The predicted octanol–water partition coefficient (Wildman–Crippen LogP) is 4.97. The first-order chi connectivity index (χ1) is 12.9. The molecule has 2 aromatic rings. The molecule has 1 amide bonds. The van der Waals surface area contributed by atoms with Crippen LogP contribution in [0.1, 0.15) is 29.5 Å². The van der Waals surface area contributed by atoms with Gasteiger partial charge in [-0.05, 0) is 17.2 Å². The highest BCUT2D eigenvalue weighted by atomic mass is 35.5. The standard InChI is InChI=1S/C20H20ClF3N2O.ClH/c21-17-9-5-4-8-15(17)18-13-25-10-11-26(18)19(27)12-16(20(22,23)24)14-6-2-1-3-7-14;/h1-9,16,18,25H,10-13H2;1H. The van der Waals surface area contributed by atoms with Crippen LogP contribution in [0.3, 0.4) is 0 Å². The molecular formula is C20H21Cl2F3N2O. The molecule has 0 aliphatic carbocycles. The molecule has 3 nitrogen and oxygen atoms in total. The average Bonchev–Trinajstić information content (AvgIpc) is 2.66. The second-order valence-corrected chi connectivity index (χ2v) is 6.94. The van der Waals surface area contributed by atoms with Crippen molar-refractivity contribution in [3.8, 4) is 0 Å². The van der Waals surface area contributed by atoms with Gasteiger partial charge in [0.1, 0.15) is 0 Å². The lowest BCUT2D eigenvalue weighted by Crippen LogP contribution is -2.49. The van der Waals surface area contributed by atoms with Crippen LogP contribution in [-0.4, -0.2) is 36.6 Å². The number of piperazine rings is 1. The van der Waals surface area contributed by atoms with Gasteiger partial charge in [-0.3, -0.25) is 4.79 Å². The quantitative estimate of drug-likeness (QED) is 0.739. The van der Waals surface area contributed by atoms with Crippen molar-refractivity contribution in [1.29, 1.82) is 0 Å². The third-order valence-electron chi connectivity index (χ3n) is 4.80. The van der Waals surface area contributed by atoms with E-state index >= 15 is 0 Å². The first kappa shape index (κ1) is 22.5. The van der Waals surface area contributed by atoms with Crippen molar-refractivity contribution in [2.45, 2.75) is 24.6 Å². The van der Waals surface area contributed by atoms with Gasteiger partial charge in [0.2, 0.25) is 5.91 Å². The Morgan fingerprint density at radius 3 is 2.43 bits per heavy atom. The molecule has 0 bridgehead atoms. The molecule has 0 radical (unpaired) electrons. The monoisotopic (exact) mass is 432 g/mol. The summed E-state index contributed by atoms with van der Waals surface area (Å²) in [6.45, 7) is 1.33. The molecule has 1 fully saturated rings. The number of benzene rings is 2. The van der Waals surface area contributed by atoms with Crippen LogP contribution < -0.4 is 5.32 Å². The highest BCUT2D eigenvalue weighted by Gasteiger charge is 2.43. The number of amides is 1. The van der Waals surface area contributed by atoms with E-state index in [4.69, 9.17) is 11.6 Å². The topological polar surface area (TPSA) is 32.3 Å². The number of carbonyl (C=O) groups excluding carboxylic acids is 1. The number of hydrogen-bond acceptors (Lipinski definition) is 2. The number of nitrogens with zero attached hydrogens (tertiary/aromatic N) is 1. The Labute approximate surface area is 173 Å². The van der Waals surface area contributed by atoms with Gasteiger partial charge in [0, 0.05) is 31.1 Å². The van der Waals surface area contributed by atoms with Gasteiger partial charge >= 0.3 is 6.18 Å². The minimum atomic E-state index is -4.50. The number of halogens is 5. The summed E-state index contributed by atoms with van der Waals surface area (Å²) in [5.74, 6) is -2.35. The van der Waals surface area contributed by atoms with Crippen molar-refractivity contribution in [1.82, 2.24) is 10.2 Å². The van der Waals surface area contributed by atoms with Gasteiger partial charge in [-0.15, -0.1) is 12.4 Å². The smallest absolute Gasteiger partial charge is 0.333 e. The van der Waals surface area contributed by atoms with Crippen LogP contribution in [0.5, 0.6) is 0 Å². The van der Waals surface area contributed by atoms with E-state index in [1.807, 2.05) is 0 Å². The third-order valence-corrected chi connectivity index (χ3v) is 5.15. The normalized spacial score (nSPS) is 18.3. The van der Waals surface area contributed by atoms with Crippen molar-refractivity contribution in [3.05, 3.63) is 70.7 Å². The van der Waals surface area contributed by atoms with Gasteiger partial charge in [-0.2, -0.15) is 13.2 Å². The van der Waals surface area contributed by atoms with Crippen LogP contribution in [0.4, 0.5) is 13.2 Å². The summed E-state index contributed by atoms with van der Waals surface area (Å²) in [5.41, 5.74) is 0.839.